The predicted molar refractivity (Wildman–Crippen MR) is 60.9 cm³/mol. The average molecular weight is 233 g/mol. The number of carboxylic acid groups (broad SMARTS) is 1. The Morgan fingerprint density at radius 3 is 2.82 bits per heavy atom. The van der Waals surface area contributed by atoms with Crippen molar-refractivity contribution < 1.29 is 19.1 Å². The molecular formula is C12H11NO4. The number of furan rings is 1. The van der Waals surface area contributed by atoms with Crippen molar-refractivity contribution in [2.75, 3.05) is 5.73 Å². The van der Waals surface area contributed by atoms with Crippen molar-refractivity contribution in [3.8, 4) is 5.75 Å². The van der Waals surface area contributed by atoms with Crippen LogP contribution in [0.1, 0.15) is 16.1 Å². The number of carbonyl (C=O) groups is 1. The maximum atomic E-state index is 11.0. The van der Waals surface area contributed by atoms with Crippen molar-refractivity contribution in [3.63, 3.8) is 0 Å². The SMILES string of the molecule is Nc1cccc(C(=O)O)c1OCc1ccco1. The Bertz CT molecular complexity index is 519. The zero-order valence-electron chi connectivity index (χ0n) is 8.92. The normalized spacial score (nSPS) is 10.1. The summed E-state index contributed by atoms with van der Waals surface area (Å²) in [5, 5.41) is 8.99. The Labute approximate surface area is 97.4 Å². The second-order valence-corrected chi connectivity index (χ2v) is 3.40. The summed E-state index contributed by atoms with van der Waals surface area (Å²) in [6.45, 7) is 0.140. The van der Waals surface area contributed by atoms with Crippen molar-refractivity contribution in [2.24, 2.45) is 0 Å². The van der Waals surface area contributed by atoms with Gasteiger partial charge in [0, 0.05) is 0 Å². The van der Waals surface area contributed by atoms with Crippen LogP contribution in [0.3, 0.4) is 0 Å². The Kier molecular flexibility index (Phi) is 3.00. The lowest BCUT2D eigenvalue weighted by molar-refractivity contribution is 0.0691. The summed E-state index contributed by atoms with van der Waals surface area (Å²) in [4.78, 5) is 11.0. The molecule has 0 aliphatic heterocycles. The van der Waals surface area contributed by atoms with Gasteiger partial charge in [-0.15, -0.1) is 0 Å². The van der Waals surface area contributed by atoms with Gasteiger partial charge in [0.05, 0.1) is 12.0 Å². The molecule has 0 bridgehead atoms. The second-order valence-electron chi connectivity index (χ2n) is 3.40. The first-order valence-corrected chi connectivity index (χ1v) is 4.95. The van der Waals surface area contributed by atoms with Crippen molar-refractivity contribution in [2.45, 2.75) is 6.61 Å². The van der Waals surface area contributed by atoms with Gasteiger partial charge in [0.1, 0.15) is 17.9 Å². The van der Waals surface area contributed by atoms with Crippen LogP contribution < -0.4 is 10.5 Å². The van der Waals surface area contributed by atoms with Crippen LogP contribution in [0.2, 0.25) is 0 Å². The van der Waals surface area contributed by atoms with Gasteiger partial charge in [0.15, 0.2) is 5.75 Å². The number of rotatable bonds is 4. The molecule has 3 N–H and O–H groups in total. The molecule has 88 valence electrons. The van der Waals surface area contributed by atoms with Crippen LogP contribution in [0.25, 0.3) is 0 Å². The zero-order chi connectivity index (χ0) is 12.3. The van der Waals surface area contributed by atoms with Crippen molar-refractivity contribution in [1.29, 1.82) is 0 Å². The van der Waals surface area contributed by atoms with Crippen molar-refractivity contribution in [3.05, 3.63) is 47.9 Å². The lowest BCUT2D eigenvalue weighted by atomic mass is 10.2. The van der Waals surface area contributed by atoms with Gasteiger partial charge in [-0.05, 0) is 24.3 Å². The highest BCUT2D eigenvalue weighted by molar-refractivity contribution is 5.93. The van der Waals surface area contributed by atoms with E-state index >= 15 is 0 Å². The minimum atomic E-state index is -1.08. The summed E-state index contributed by atoms with van der Waals surface area (Å²) in [6.07, 6.45) is 1.52. The van der Waals surface area contributed by atoms with Gasteiger partial charge in [-0.25, -0.2) is 4.79 Å². The summed E-state index contributed by atoms with van der Waals surface area (Å²) in [6, 6.07) is 8.06. The van der Waals surface area contributed by atoms with E-state index in [4.69, 9.17) is 20.0 Å². The lowest BCUT2D eigenvalue weighted by Crippen LogP contribution is -2.05. The molecule has 2 rings (SSSR count). The van der Waals surface area contributed by atoms with Crippen LogP contribution in [0.5, 0.6) is 5.75 Å². The fraction of sp³-hybridized carbons (Fsp3) is 0.0833. The van der Waals surface area contributed by atoms with Gasteiger partial charge in [-0.3, -0.25) is 0 Å². The number of para-hydroxylation sites is 1. The predicted octanol–water partition coefficient (Wildman–Crippen LogP) is 2.14. The fourth-order valence-corrected chi connectivity index (χ4v) is 1.42. The van der Waals surface area contributed by atoms with E-state index in [0.29, 0.717) is 5.76 Å². The van der Waals surface area contributed by atoms with Crippen molar-refractivity contribution in [1.82, 2.24) is 0 Å². The monoisotopic (exact) mass is 233 g/mol. The van der Waals surface area contributed by atoms with Crippen LogP contribution in [0, 0.1) is 0 Å². The van der Waals surface area contributed by atoms with Gasteiger partial charge < -0.3 is 20.0 Å². The van der Waals surface area contributed by atoms with E-state index in [9.17, 15) is 4.79 Å². The average Bonchev–Trinajstić information content (AvgIpc) is 2.80. The molecular weight excluding hydrogens is 222 g/mol. The summed E-state index contributed by atoms with van der Waals surface area (Å²) in [5.74, 6) is -0.312. The third-order valence-corrected chi connectivity index (χ3v) is 2.21. The number of aromatic carboxylic acids is 1. The van der Waals surface area contributed by atoms with E-state index in [1.165, 1.54) is 12.3 Å². The first-order chi connectivity index (χ1) is 8.18. The molecule has 2 aromatic rings. The van der Waals surface area contributed by atoms with Gasteiger partial charge in [-0.2, -0.15) is 0 Å². The number of carboxylic acids is 1. The Morgan fingerprint density at radius 2 is 2.18 bits per heavy atom. The molecule has 0 unspecified atom stereocenters. The van der Waals surface area contributed by atoms with E-state index in [-0.39, 0.29) is 23.6 Å². The molecule has 0 saturated heterocycles. The van der Waals surface area contributed by atoms with E-state index in [2.05, 4.69) is 0 Å². The minimum absolute atomic E-state index is 0.0385. The largest absolute Gasteiger partial charge is 0.483 e. The number of anilines is 1. The number of ether oxygens (including phenoxy) is 1. The van der Waals surface area contributed by atoms with E-state index in [1.807, 2.05) is 0 Å². The van der Waals surface area contributed by atoms with E-state index < -0.39 is 5.97 Å². The first-order valence-electron chi connectivity index (χ1n) is 4.95. The van der Waals surface area contributed by atoms with Gasteiger partial charge in [-0.1, -0.05) is 6.07 Å². The summed E-state index contributed by atoms with van der Waals surface area (Å²) < 4.78 is 10.5. The fourth-order valence-electron chi connectivity index (χ4n) is 1.42. The number of hydrogen-bond acceptors (Lipinski definition) is 4. The molecule has 5 heteroatoms. The van der Waals surface area contributed by atoms with E-state index in [1.54, 1.807) is 24.3 Å². The lowest BCUT2D eigenvalue weighted by Gasteiger charge is -2.10. The third-order valence-electron chi connectivity index (χ3n) is 2.21. The Balaban J connectivity index is 2.22. The Hall–Kier alpha value is -2.43. The third kappa shape index (κ3) is 2.39. The van der Waals surface area contributed by atoms with Crippen molar-refractivity contribution >= 4 is 11.7 Å². The van der Waals surface area contributed by atoms with E-state index in [0.717, 1.165) is 0 Å². The molecule has 0 amide bonds. The summed E-state index contributed by atoms with van der Waals surface area (Å²) in [5.41, 5.74) is 6.01. The molecule has 1 aromatic heterocycles. The first kappa shape index (κ1) is 11.1. The van der Waals surface area contributed by atoms with Crippen LogP contribution in [-0.2, 0) is 6.61 Å². The molecule has 17 heavy (non-hydrogen) atoms. The Morgan fingerprint density at radius 1 is 1.35 bits per heavy atom. The molecule has 1 aromatic carbocycles. The molecule has 0 spiro atoms. The molecule has 0 radical (unpaired) electrons. The standard InChI is InChI=1S/C12H11NO4/c13-10-5-1-4-9(12(14)15)11(10)17-7-8-3-2-6-16-8/h1-6H,7,13H2,(H,14,15). The minimum Gasteiger partial charge on any atom is -0.483 e. The highest BCUT2D eigenvalue weighted by Gasteiger charge is 2.14. The highest BCUT2D eigenvalue weighted by Crippen LogP contribution is 2.27. The second kappa shape index (κ2) is 4.61. The maximum absolute atomic E-state index is 11.0. The number of nitrogens with two attached hydrogens (primary N) is 1. The van der Waals surface area contributed by atoms with Gasteiger partial charge in [0.25, 0.3) is 0 Å². The zero-order valence-corrected chi connectivity index (χ0v) is 8.92. The van der Waals surface area contributed by atoms with Gasteiger partial charge in [0.2, 0.25) is 0 Å². The molecule has 0 aliphatic carbocycles. The number of benzene rings is 1. The maximum Gasteiger partial charge on any atom is 0.339 e. The molecule has 5 nitrogen and oxygen atoms in total. The quantitative estimate of drug-likeness (QED) is 0.790. The van der Waals surface area contributed by atoms with Crippen LogP contribution in [0.4, 0.5) is 5.69 Å². The van der Waals surface area contributed by atoms with Gasteiger partial charge >= 0.3 is 5.97 Å². The topological polar surface area (TPSA) is 85.7 Å². The van der Waals surface area contributed by atoms with Crippen LogP contribution in [-0.4, -0.2) is 11.1 Å². The number of nitrogen functional groups attached to an aromatic ring is 1. The highest BCUT2D eigenvalue weighted by atomic mass is 16.5. The smallest absolute Gasteiger partial charge is 0.339 e. The van der Waals surface area contributed by atoms with Crippen LogP contribution in [0.15, 0.2) is 41.0 Å². The molecule has 0 fully saturated rings. The summed E-state index contributed by atoms with van der Waals surface area (Å²) >= 11 is 0. The number of hydrogen-bond donors (Lipinski definition) is 2. The van der Waals surface area contributed by atoms with Crippen LogP contribution >= 0.6 is 0 Å². The summed E-state index contributed by atoms with van der Waals surface area (Å²) in [7, 11) is 0. The molecule has 0 atom stereocenters. The molecule has 0 aliphatic rings. The molecule has 1 heterocycles. The molecule has 0 saturated carbocycles.